The Kier molecular flexibility index (Phi) is 2.29. The van der Waals surface area contributed by atoms with E-state index in [4.69, 9.17) is 0 Å². The summed E-state index contributed by atoms with van der Waals surface area (Å²) in [6.07, 6.45) is -3.06. The SMILES string of the molecule is O[C@@H]1[C@@H](O)[C@H](O)CN2CC[C@@H](O)[C@@H]12. The number of nitrogens with zero attached hydrogens (tertiary/aromatic N) is 1. The third kappa shape index (κ3) is 1.37. The fourth-order valence-corrected chi connectivity index (χ4v) is 2.30. The number of hydrogen-bond acceptors (Lipinski definition) is 5. The normalized spacial score (nSPS) is 52.2. The van der Waals surface area contributed by atoms with Gasteiger partial charge in [-0.05, 0) is 6.42 Å². The van der Waals surface area contributed by atoms with Gasteiger partial charge in [0.05, 0.1) is 18.2 Å². The average molecular weight is 189 g/mol. The molecule has 2 saturated heterocycles. The van der Waals surface area contributed by atoms with Crippen molar-refractivity contribution in [1.82, 2.24) is 4.90 Å². The molecule has 0 saturated carbocycles. The molecule has 2 rings (SSSR count). The molecule has 0 amide bonds. The highest BCUT2D eigenvalue weighted by Gasteiger charge is 2.47. The molecule has 0 aromatic rings. The van der Waals surface area contributed by atoms with Crippen LogP contribution in [0.15, 0.2) is 0 Å². The maximum absolute atomic E-state index is 9.58. The first-order valence-corrected chi connectivity index (χ1v) is 4.57. The lowest BCUT2D eigenvalue weighted by molar-refractivity contribution is -0.140. The van der Waals surface area contributed by atoms with Gasteiger partial charge in [-0.3, -0.25) is 4.90 Å². The molecule has 0 unspecified atom stereocenters. The summed E-state index contributed by atoms with van der Waals surface area (Å²) in [7, 11) is 0. The van der Waals surface area contributed by atoms with Crippen molar-refractivity contribution in [3.63, 3.8) is 0 Å². The lowest BCUT2D eigenvalue weighted by Crippen LogP contribution is -2.61. The lowest BCUT2D eigenvalue weighted by Gasteiger charge is -2.40. The van der Waals surface area contributed by atoms with Crippen LogP contribution in [0.5, 0.6) is 0 Å². The smallest absolute Gasteiger partial charge is 0.109 e. The summed E-state index contributed by atoms with van der Waals surface area (Å²) in [5.41, 5.74) is 0. The first-order valence-electron chi connectivity index (χ1n) is 4.57. The van der Waals surface area contributed by atoms with Crippen molar-refractivity contribution < 1.29 is 20.4 Å². The molecule has 2 aliphatic heterocycles. The van der Waals surface area contributed by atoms with E-state index in [0.29, 0.717) is 19.5 Å². The van der Waals surface area contributed by atoms with Gasteiger partial charge in [0.25, 0.3) is 0 Å². The van der Waals surface area contributed by atoms with Crippen LogP contribution in [0.2, 0.25) is 0 Å². The Bertz CT molecular complexity index is 201. The van der Waals surface area contributed by atoms with Crippen molar-refractivity contribution in [3.05, 3.63) is 0 Å². The zero-order valence-electron chi connectivity index (χ0n) is 7.24. The molecule has 13 heavy (non-hydrogen) atoms. The highest BCUT2D eigenvalue weighted by atomic mass is 16.4. The van der Waals surface area contributed by atoms with E-state index in [9.17, 15) is 20.4 Å². The second-order valence-corrected chi connectivity index (χ2v) is 3.89. The van der Waals surface area contributed by atoms with Gasteiger partial charge in [0.15, 0.2) is 0 Å². The third-order valence-corrected chi connectivity index (χ3v) is 3.04. The van der Waals surface area contributed by atoms with Gasteiger partial charge in [-0.15, -0.1) is 0 Å². The molecule has 2 aliphatic rings. The van der Waals surface area contributed by atoms with Crippen molar-refractivity contribution in [1.29, 1.82) is 0 Å². The summed E-state index contributed by atoms with van der Waals surface area (Å²) >= 11 is 0. The van der Waals surface area contributed by atoms with Crippen LogP contribution in [0, 0.1) is 0 Å². The van der Waals surface area contributed by atoms with Crippen LogP contribution in [-0.4, -0.2) is 68.9 Å². The Morgan fingerprint density at radius 3 is 2.31 bits per heavy atom. The summed E-state index contributed by atoms with van der Waals surface area (Å²) in [4.78, 5) is 1.83. The second kappa shape index (κ2) is 3.18. The number of hydrogen-bond donors (Lipinski definition) is 4. The van der Waals surface area contributed by atoms with E-state index in [-0.39, 0.29) is 0 Å². The van der Waals surface area contributed by atoms with E-state index in [1.54, 1.807) is 0 Å². The third-order valence-electron chi connectivity index (χ3n) is 3.04. The highest BCUT2D eigenvalue weighted by Crippen LogP contribution is 2.27. The predicted octanol–water partition coefficient (Wildman–Crippen LogP) is -2.48. The zero-order chi connectivity index (χ0) is 9.59. The molecular formula is C8H15NO4. The Labute approximate surface area is 76.2 Å². The van der Waals surface area contributed by atoms with Crippen molar-refractivity contribution >= 4 is 0 Å². The number of rotatable bonds is 0. The quantitative estimate of drug-likeness (QED) is 0.339. The summed E-state index contributed by atoms with van der Waals surface area (Å²) in [6.45, 7) is 1.01. The molecule has 0 spiro atoms. The van der Waals surface area contributed by atoms with E-state index >= 15 is 0 Å². The van der Waals surface area contributed by atoms with Crippen molar-refractivity contribution in [2.24, 2.45) is 0 Å². The molecule has 0 aromatic carbocycles. The molecule has 0 aliphatic carbocycles. The minimum absolute atomic E-state index is 0.333. The van der Waals surface area contributed by atoms with Gasteiger partial charge >= 0.3 is 0 Å². The standard InChI is InChI=1S/C8H15NO4/c10-4-1-2-9-3-5(11)7(12)8(13)6(4)9/h4-8,10-13H,1-3H2/t4-,5-,6+,7+,8+/m1/s1. The van der Waals surface area contributed by atoms with Gasteiger partial charge in [0.2, 0.25) is 0 Å². The minimum atomic E-state index is -1.13. The zero-order valence-corrected chi connectivity index (χ0v) is 7.24. The molecule has 0 bridgehead atoms. The maximum atomic E-state index is 9.58. The second-order valence-electron chi connectivity index (χ2n) is 3.89. The van der Waals surface area contributed by atoms with Crippen molar-refractivity contribution in [3.8, 4) is 0 Å². The number of fused-ring (bicyclic) bond motifs is 1. The van der Waals surface area contributed by atoms with Crippen LogP contribution < -0.4 is 0 Å². The topological polar surface area (TPSA) is 84.2 Å². The average Bonchev–Trinajstić information content (AvgIpc) is 2.43. The molecule has 5 heteroatoms. The Balaban J connectivity index is 2.15. The van der Waals surface area contributed by atoms with Crippen LogP contribution in [0.3, 0.4) is 0 Å². The van der Waals surface area contributed by atoms with E-state index in [1.807, 2.05) is 4.90 Å². The first-order chi connectivity index (χ1) is 6.11. The van der Waals surface area contributed by atoms with Crippen LogP contribution in [0.1, 0.15) is 6.42 Å². The van der Waals surface area contributed by atoms with Gasteiger partial charge < -0.3 is 20.4 Å². The molecule has 0 radical (unpaired) electrons. The number of aliphatic hydroxyl groups excluding tert-OH is 4. The van der Waals surface area contributed by atoms with E-state index in [0.717, 1.165) is 0 Å². The van der Waals surface area contributed by atoms with Gasteiger partial charge in [0, 0.05) is 13.1 Å². The first kappa shape index (κ1) is 9.36. The van der Waals surface area contributed by atoms with Gasteiger partial charge in [-0.1, -0.05) is 0 Å². The summed E-state index contributed by atoms with van der Waals surface area (Å²) in [6, 6.07) is -0.404. The van der Waals surface area contributed by atoms with E-state index in [2.05, 4.69) is 0 Å². The highest BCUT2D eigenvalue weighted by molar-refractivity contribution is 5.01. The van der Waals surface area contributed by atoms with Crippen molar-refractivity contribution in [2.75, 3.05) is 13.1 Å². The monoisotopic (exact) mass is 189 g/mol. The predicted molar refractivity (Wildman–Crippen MR) is 44.0 cm³/mol. The fraction of sp³-hybridized carbons (Fsp3) is 1.00. The molecule has 5 atom stereocenters. The largest absolute Gasteiger partial charge is 0.391 e. The Hall–Kier alpha value is -0.200. The molecule has 76 valence electrons. The van der Waals surface area contributed by atoms with E-state index < -0.39 is 30.5 Å². The number of aliphatic hydroxyl groups is 4. The van der Waals surface area contributed by atoms with Gasteiger partial charge in [-0.2, -0.15) is 0 Å². The summed E-state index contributed by atoms with van der Waals surface area (Å²) < 4.78 is 0. The Morgan fingerprint density at radius 1 is 0.923 bits per heavy atom. The maximum Gasteiger partial charge on any atom is 0.109 e. The van der Waals surface area contributed by atoms with E-state index in [1.165, 1.54) is 0 Å². The molecular weight excluding hydrogens is 174 g/mol. The summed E-state index contributed by atoms with van der Waals surface area (Å²) in [5.74, 6) is 0. The lowest BCUT2D eigenvalue weighted by atomic mass is 9.93. The van der Waals surface area contributed by atoms with Crippen LogP contribution in [-0.2, 0) is 0 Å². The number of piperidine rings is 1. The van der Waals surface area contributed by atoms with Gasteiger partial charge in [0.1, 0.15) is 12.2 Å². The molecule has 2 heterocycles. The Morgan fingerprint density at radius 2 is 1.62 bits per heavy atom. The minimum Gasteiger partial charge on any atom is -0.391 e. The molecule has 2 fully saturated rings. The molecule has 0 aromatic heterocycles. The molecule has 5 nitrogen and oxygen atoms in total. The van der Waals surface area contributed by atoms with Crippen LogP contribution >= 0.6 is 0 Å². The van der Waals surface area contributed by atoms with Gasteiger partial charge in [-0.25, -0.2) is 0 Å². The van der Waals surface area contributed by atoms with Crippen LogP contribution in [0.25, 0.3) is 0 Å². The molecule has 4 N–H and O–H groups in total. The van der Waals surface area contributed by atoms with Crippen molar-refractivity contribution in [2.45, 2.75) is 36.9 Å². The summed E-state index contributed by atoms with van der Waals surface area (Å²) in [5, 5.41) is 37.8. The fourth-order valence-electron chi connectivity index (χ4n) is 2.30. The van der Waals surface area contributed by atoms with Crippen LogP contribution in [0.4, 0.5) is 0 Å².